The SMILES string of the molecule is CC(C)NC(=O)c1ccc(NC(=O)CCCCCCN)cc1.Cl. The van der Waals surface area contributed by atoms with E-state index in [1.165, 1.54) is 0 Å². The van der Waals surface area contributed by atoms with E-state index in [9.17, 15) is 9.59 Å². The number of carbonyl (C=O) groups is 2. The molecule has 0 aromatic heterocycles. The largest absolute Gasteiger partial charge is 0.350 e. The molecule has 5 nitrogen and oxygen atoms in total. The summed E-state index contributed by atoms with van der Waals surface area (Å²) in [6.45, 7) is 4.54. The van der Waals surface area contributed by atoms with Crippen molar-refractivity contribution in [2.24, 2.45) is 5.73 Å². The van der Waals surface area contributed by atoms with Gasteiger partial charge in [0.25, 0.3) is 5.91 Å². The van der Waals surface area contributed by atoms with Crippen molar-refractivity contribution in [2.75, 3.05) is 11.9 Å². The molecule has 0 bridgehead atoms. The van der Waals surface area contributed by atoms with Gasteiger partial charge in [-0.2, -0.15) is 0 Å². The molecule has 6 heteroatoms. The summed E-state index contributed by atoms with van der Waals surface area (Å²) in [7, 11) is 0. The molecule has 0 radical (unpaired) electrons. The molecule has 0 spiro atoms. The number of rotatable bonds is 9. The Bertz CT molecular complexity index is 475. The molecule has 1 aromatic carbocycles. The summed E-state index contributed by atoms with van der Waals surface area (Å²) in [5.41, 5.74) is 6.73. The minimum atomic E-state index is -0.104. The quantitative estimate of drug-likeness (QED) is 0.603. The zero-order valence-electron chi connectivity index (χ0n) is 13.9. The van der Waals surface area contributed by atoms with Crippen LogP contribution in [-0.2, 0) is 4.79 Å². The third-order valence-corrected chi connectivity index (χ3v) is 3.21. The minimum Gasteiger partial charge on any atom is -0.350 e. The van der Waals surface area contributed by atoms with Crippen LogP contribution in [0.4, 0.5) is 5.69 Å². The van der Waals surface area contributed by atoms with Crippen molar-refractivity contribution in [1.29, 1.82) is 0 Å². The molecule has 0 heterocycles. The summed E-state index contributed by atoms with van der Waals surface area (Å²) in [6, 6.07) is 7.04. The Morgan fingerprint density at radius 3 is 2.22 bits per heavy atom. The van der Waals surface area contributed by atoms with Crippen molar-refractivity contribution in [3.63, 3.8) is 0 Å². The zero-order chi connectivity index (χ0) is 16.4. The van der Waals surface area contributed by atoms with E-state index >= 15 is 0 Å². The van der Waals surface area contributed by atoms with E-state index in [2.05, 4.69) is 10.6 Å². The molecule has 0 fully saturated rings. The van der Waals surface area contributed by atoms with Crippen LogP contribution in [0.25, 0.3) is 0 Å². The first-order valence-electron chi connectivity index (χ1n) is 7.93. The Morgan fingerprint density at radius 2 is 1.65 bits per heavy atom. The fourth-order valence-corrected chi connectivity index (χ4v) is 2.06. The second kappa shape index (κ2) is 11.9. The van der Waals surface area contributed by atoms with Crippen molar-refractivity contribution in [1.82, 2.24) is 5.32 Å². The van der Waals surface area contributed by atoms with Gasteiger partial charge in [0.15, 0.2) is 0 Å². The summed E-state index contributed by atoms with van der Waals surface area (Å²) in [4.78, 5) is 23.6. The van der Waals surface area contributed by atoms with E-state index in [0.29, 0.717) is 24.2 Å². The molecule has 0 atom stereocenters. The number of amides is 2. The highest BCUT2D eigenvalue weighted by atomic mass is 35.5. The molecule has 0 aliphatic rings. The lowest BCUT2D eigenvalue weighted by atomic mass is 10.1. The number of carbonyl (C=O) groups excluding carboxylic acids is 2. The number of hydrogen-bond donors (Lipinski definition) is 3. The molecule has 0 aliphatic heterocycles. The highest BCUT2D eigenvalue weighted by Gasteiger charge is 2.07. The molecule has 4 N–H and O–H groups in total. The van der Waals surface area contributed by atoms with Crippen LogP contribution in [0.15, 0.2) is 24.3 Å². The second-order valence-electron chi connectivity index (χ2n) is 5.71. The Balaban J connectivity index is 0.00000484. The van der Waals surface area contributed by atoms with Crippen LogP contribution < -0.4 is 16.4 Å². The van der Waals surface area contributed by atoms with Gasteiger partial charge < -0.3 is 16.4 Å². The zero-order valence-corrected chi connectivity index (χ0v) is 14.7. The van der Waals surface area contributed by atoms with Gasteiger partial charge >= 0.3 is 0 Å². The number of benzene rings is 1. The summed E-state index contributed by atoms with van der Waals surface area (Å²) >= 11 is 0. The first-order chi connectivity index (χ1) is 10.5. The van der Waals surface area contributed by atoms with Gasteiger partial charge in [0.05, 0.1) is 0 Å². The molecule has 1 rings (SSSR count). The van der Waals surface area contributed by atoms with Gasteiger partial charge in [0, 0.05) is 23.7 Å². The molecular formula is C17H28ClN3O2. The van der Waals surface area contributed by atoms with E-state index in [1.807, 2.05) is 13.8 Å². The average Bonchev–Trinajstić information content (AvgIpc) is 2.47. The molecular weight excluding hydrogens is 314 g/mol. The van der Waals surface area contributed by atoms with Crippen molar-refractivity contribution < 1.29 is 9.59 Å². The lowest BCUT2D eigenvalue weighted by Gasteiger charge is -2.09. The number of halogens is 1. The van der Waals surface area contributed by atoms with Crippen molar-refractivity contribution >= 4 is 29.9 Å². The monoisotopic (exact) mass is 341 g/mol. The standard InChI is InChI=1S/C17H27N3O2.ClH/c1-13(2)19-17(22)14-8-10-15(11-9-14)20-16(21)7-5-3-4-6-12-18;/h8-11,13H,3-7,12,18H2,1-2H3,(H,19,22)(H,20,21);1H. The van der Waals surface area contributed by atoms with Gasteiger partial charge in [0.2, 0.25) is 5.91 Å². The Labute approximate surface area is 144 Å². The fraction of sp³-hybridized carbons (Fsp3) is 0.529. The predicted octanol–water partition coefficient (Wildman–Crippen LogP) is 3.09. The number of nitrogens with one attached hydrogen (secondary N) is 2. The molecule has 23 heavy (non-hydrogen) atoms. The summed E-state index contributed by atoms with van der Waals surface area (Å²) < 4.78 is 0. The average molecular weight is 342 g/mol. The Hall–Kier alpha value is -1.59. The van der Waals surface area contributed by atoms with E-state index in [-0.39, 0.29) is 30.3 Å². The Kier molecular flexibility index (Phi) is 11.1. The summed E-state index contributed by atoms with van der Waals surface area (Å²) in [5.74, 6) is -0.0973. The molecule has 2 amide bonds. The molecule has 1 aromatic rings. The smallest absolute Gasteiger partial charge is 0.251 e. The van der Waals surface area contributed by atoms with Crippen LogP contribution in [0, 0.1) is 0 Å². The molecule has 0 aliphatic carbocycles. The van der Waals surface area contributed by atoms with Crippen LogP contribution in [-0.4, -0.2) is 24.4 Å². The van der Waals surface area contributed by atoms with Crippen molar-refractivity contribution in [3.8, 4) is 0 Å². The maximum absolute atomic E-state index is 11.8. The Morgan fingerprint density at radius 1 is 1.04 bits per heavy atom. The lowest BCUT2D eigenvalue weighted by molar-refractivity contribution is -0.116. The van der Waals surface area contributed by atoms with Gasteiger partial charge in [-0.3, -0.25) is 9.59 Å². The third kappa shape index (κ3) is 9.21. The van der Waals surface area contributed by atoms with Crippen molar-refractivity contribution in [2.45, 2.75) is 52.0 Å². The topological polar surface area (TPSA) is 84.2 Å². The van der Waals surface area contributed by atoms with Gasteiger partial charge in [-0.05, 0) is 57.5 Å². The lowest BCUT2D eigenvalue weighted by Crippen LogP contribution is -2.29. The van der Waals surface area contributed by atoms with E-state index in [1.54, 1.807) is 24.3 Å². The van der Waals surface area contributed by atoms with Crippen molar-refractivity contribution in [3.05, 3.63) is 29.8 Å². The number of nitrogens with two attached hydrogens (primary N) is 1. The molecule has 130 valence electrons. The van der Waals surface area contributed by atoms with Gasteiger partial charge in [-0.25, -0.2) is 0 Å². The number of hydrogen-bond acceptors (Lipinski definition) is 3. The third-order valence-electron chi connectivity index (χ3n) is 3.21. The maximum Gasteiger partial charge on any atom is 0.251 e. The van der Waals surface area contributed by atoms with Crippen LogP contribution in [0.3, 0.4) is 0 Å². The van der Waals surface area contributed by atoms with Crippen LogP contribution in [0.1, 0.15) is 56.3 Å². The van der Waals surface area contributed by atoms with Crippen LogP contribution >= 0.6 is 12.4 Å². The maximum atomic E-state index is 11.8. The number of unbranched alkanes of at least 4 members (excludes halogenated alkanes) is 3. The minimum absolute atomic E-state index is 0. The second-order valence-corrected chi connectivity index (χ2v) is 5.71. The summed E-state index contributed by atoms with van der Waals surface area (Å²) in [6.07, 6.45) is 4.50. The summed E-state index contributed by atoms with van der Waals surface area (Å²) in [5, 5.41) is 5.67. The fourth-order valence-electron chi connectivity index (χ4n) is 2.06. The normalized spacial score (nSPS) is 10.1. The van der Waals surface area contributed by atoms with E-state index in [4.69, 9.17) is 5.73 Å². The first-order valence-corrected chi connectivity index (χ1v) is 7.93. The van der Waals surface area contributed by atoms with E-state index in [0.717, 1.165) is 25.7 Å². The van der Waals surface area contributed by atoms with E-state index < -0.39 is 0 Å². The predicted molar refractivity (Wildman–Crippen MR) is 97.1 cm³/mol. The van der Waals surface area contributed by atoms with Crippen LogP contribution in [0.5, 0.6) is 0 Å². The molecule has 0 saturated heterocycles. The molecule has 0 saturated carbocycles. The highest BCUT2D eigenvalue weighted by Crippen LogP contribution is 2.11. The molecule has 0 unspecified atom stereocenters. The van der Waals surface area contributed by atoms with Gasteiger partial charge in [-0.1, -0.05) is 12.8 Å². The van der Waals surface area contributed by atoms with Crippen LogP contribution in [0.2, 0.25) is 0 Å². The number of anilines is 1. The van der Waals surface area contributed by atoms with Gasteiger partial charge in [0.1, 0.15) is 0 Å². The highest BCUT2D eigenvalue weighted by molar-refractivity contribution is 5.95. The first kappa shape index (κ1) is 21.4. The van der Waals surface area contributed by atoms with Gasteiger partial charge in [-0.15, -0.1) is 12.4 Å².